The second-order valence-electron chi connectivity index (χ2n) is 6.16. The smallest absolute Gasteiger partial charge is 0.416 e. The molecule has 1 fully saturated rings. The predicted molar refractivity (Wildman–Crippen MR) is 90.7 cm³/mol. The summed E-state index contributed by atoms with van der Waals surface area (Å²) < 4.78 is 43.3. The number of alkyl halides is 3. The first-order valence-corrected chi connectivity index (χ1v) is 8.04. The molecule has 0 saturated carbocycles. The number of nitro benzene ring substituents is 1. The second kappa shape index (κ2) is 6.86. The van der Waals surface area contributed by atoms with Crippen LogP contribution in [0.4, 0.5) is 24.5 Å². The fourth-order valence-electron chi connectivity index (χ4n) is 3.24. The van der Waals surface area contributed by atoms with E-state index in [9.17, 15) is 23.3 Å². The van der Waals surface area contributed by atoms with Crippen molar-refractivity contribution in [2.45, 2.75) is 18.5 Å². The Labute approximate surface area is 148 Å². The molecule has 1 saturated heterocycles. The van der Waals surface area contributed by atoms with Crippen molar-refractivity contribution in [3.05, 3.63) is 63.7 Å². The van der Waals surface area contributed by atoms with Crippen LogP contribution in [0.2, 0.25) is 0 Å². The maximum absolute atomic E-state index is 12.7. The third-order valence-corrected chi connectivity index (χ3v) is 4.61. The van der Waals surface area contributed by atoms with Gasteiger partial charge in [-0.05, 0) is 30.2 Å². The lowest BCUT2D eigenvalue weighted by molar-refractivity contribution is -0.384. The minimum absolute atomic E-state index is 0.0518. The molecule has 2 aromatic carbocycles. The van der Waals surface area contributed by atoms with Crippen molar-refractivity contribution < 1.29 is 22.8 Å². The Morgan fingerprint density at radius 1 is 1.19 bits per heavy atom. The maximum Gasteiger partial charge on any atom is 0.416 e. The van der Waals surface area contributed by atoms with Crippen LogP contribution in [0, 0.1) is 10.1 Å². The minimum atomic E-state index is -4.34. The molecule has 0 spiro atoms. The van der Waals surface area contributed by atoms with Crippen LogP contribution < -0.4 is 9.64 Å². The molecule has 8 heteroatoms. The van der Waals surface area contributed by atoms with Gasteiger partial charge < -0.3 is 9.64 Å². The monoisotopic (exact) mass is 366 g/mol. The van der Waals surface area contributed by atoms with E-state index in [4.69, 9.17) is 4.74 Å². The first-order valence-electron chi connectivity index (χ1n) is 8.04. The Kier molecular flexibility index (Phi) is 4.76. The van der Waals surface area contributed by atoms with E-state index in [0.717, 1.165) is 29.8 Å². The topological polar surface area (TPSA) is 55.6 Å². The molecule has 1 aliphatic heterocycles. The fourth-order valence-corrected chi connectivity index (χ4v) is 3.24. The van der Waals surface area contributed by atoms with Crippen LogP contribution in [0.15, 0.2) is 42.5 Å². The molecule has 0 amide bonds. The van der Waals surface area contributed by atoms with Crippen LogP contribution >= 0.6 is 0 Å². The van der Waals surface area contributed by atoms with E-state index in [1.807, 2.05) is 4.90 Å². The van der Waals surface area contributed by atoms with E-state index < -0.39 is 16.7 Å². The van der Waals surface area contributed by atoms with Gasteiger partial charge >= 0.3 is 6.18 Å². The number of rotatable bonds is 4. The van der Waals surface area contributed by atoms with Crippen molar-refractivity contribution in [3.63, 3.8) is 0 Å². The van der Waals surface area contributed by atoms with E-state index in [0.29, 0.717) is 18.8 Å². The number of halogens is 3. The van der Waals surface area contributed by atoms with Gasteiger partial charge in [0.25, 0.3) is 5.69 Å². The lowest BCUT2D eigenvalue weighted by Crippen LogP contribution is -2.20. The SMILES string of the molecule is COc1cc([N+](=O)[O-])ccc1N1CCC(c2ccc(C(F)(F)F)cc2)C1. The summed E-state index contributed by atoms with van der Waals surface area (Å²) in [6.07, 6.45) is -3.56. The number of nitrogens with zero attached hydrogens (tertiary/aromatic N) is 2. The molecule has 0 bridgehead atoms. The van der Waals surface area contributed by atoms with Gasteiger partial charge in [0.2, 0.25) is 0 Å². The molecule has 138 valence electrons. The zero-order chi connectivity index (χ0) is 18.9. The minimum Gasteiger partial charge on any atom is -0.494 e. The van der Waals surface area contributed by atoms with E-state index >= 15 is 0 Å². The number of methoxy groups -OCH3 is 1. The lowest BCUT2D eigenvalue weighted by Gasteiger charge is -2.21. The Hall–Kier alpha value is -2.77. The van der Waals surface area contributed by atoms with Gasteiger partial charge in [0.1, 0.15) is 5.75 Å². The van der Waals surface area contributed by atoms with Crippen molar-refractivity contribution in [1.29, 1.82) is 0 Å². The quantitative estimate of drug-likeness (QED) is 0.585. The van der Waals surface area contributed by atoms with Crippen LogP contribution in [-0.2, 0) is 6.18 Å². The molecule has 0 radical (unpaired) electrons. The number of hydrogen-bond donors (Lipinski definition) is 0. The summed E-state index contributed by atoms with van der Waals surface area (Å²) in [5.41, 5.74) is 0.881. The average Bonchev–Trinajstić information content (AvgIpc) is 3.10. The van der Waals surface area contributed by atoms with Crippen molar-refractivity contribution in [1.82, 2.24) is 0 Å². The van der Waals surface area contributed by atoms with Crippen LogP contribution in [0.25, 0.3) is 0 Å². The molecule has 0 N–H and O–H groups in total. The van der Waals surface area contributed by atoms with Crippen LogP contribution in [0.3, 0.4) is 0 Å². The summed E-state index contributed by atoms with van der Waals surface area (Å²) in [6.45, 7) is 1.30. The maximum atomic E-state index is 12.7. The molecule has 1 aliphatic rings. The van der Waals surface area contributed by atoms with E-state index in [1.165, 1.54) is 31.4 Å². The van der Waals surface area contributed by atoms with Gasteiger partial charge in [-0.25, -0.2) is 0 Å². The molecule has 1 atom stereocenters. The normalized spacial score (nSPS) is 17.4. The van der Waals surface area contributed by atoms with Crippen molar-refractivity contribution >= 4 is 11.4 Å². The predicted octanol–water partition coefficient (Wildman–Crippen LogP) is 4.62. The zero-order valence-corrected chi connectivity index (χ0v) is 14.0. The van der Waals surface area contributed by atoms with Gasteiger partial charge in [-0.1, -0.05) is 12.1 Å². The highest BCUT2D eigenvalue weighted by atomic mass is 19.4. The first-order chi connectivity index (χ1) is 12.3. The standard InChI is InChI=1S/C18H17F3N2O3/c1-26-17-10-15(23(24)25)6-7-16(17)22-9-8-13(11-22)12-2-4-14(5-3-12)18(19,20)21/h2-7,10,13H,8-9,11H2,1H3. The molecule has 5 nitrogen and oxygen atoms in total. The number of nitro groups is 1. The second-order valence-corrected chi connectivity index (χ2v) is 6.16. The molecule has 1 heterocycles. The summed E-state index contributed by atoms with van der Waals surface area (Å²) in [4.78, 5) is 12.4. The van der Waals surface area contributed by atoms with Crippen molar-refractivity contribution in [2.75, 3.05) is 25.1 Å². The largest absolute Gasteiger partial charge is 0.494 e. The van der Waals surface area contributed by atoms with E-state index in [1.54, 1.807) is 6.07 Å². The van der Waals surface area contributed by atoms with Gasteiger partial charge in [-0.15, -0.1) is 0 Å². The van der Waals surface area contributed by atoms with Crippen LogP contribution in [-0.4, -0.2) is 25.1 Å². The summed E-state index contributed by atoms with van der Waals surface area (Å²) >= 11 is 0. The van der Waals surface area contributed by atoms with Crippen molar-refractivity contribution in [3.8, 4) is 5.75 Å². The van der Waals surface area contributed by atoms with E-state index in [-0.39, 0.29) is 11.6 Å². The number of hydrogen-bond acceptors (Lipinski definition) is 4. The summed E-state index contributed by atoms with van der Waals surface area (Å²) in [6, 6.07) is 9.68. The Morgan fingerprint density at radius 3 is 2.46 bits per heavy atom. The summed E-state index contributed by atoms with van der Waals surface area (Å²) in [7, 11) is 1.45. The van der Waals surface area contributed by atoms with Gasteiger partial charge in [0.05, 0.1) is 29.4 Å². The highest BCUT2D eigenvalue weighted by Gasteiger charge is 2.31. The van der Waals surface area contributed by atoms with Gasteiger partial charge in [0.15, 0.2) is 0 Å². The molecule has 0 aliphatic carbocycles. The summed E-state index contributed by atoms with van der Waals surface area (Å²) in [5, 5.41) is 10.9. The Balaban J connectivity index is 1.77. The first kappa shape index (κ1) is 18.0. The van der Waals surface area contributed by atoms with E-state index in [2.05, 4.69) is 0 Å². The summed E-state index contributed by atoms with van der Waals surface area (Å²) in [5.74, 6) is 0.504. The van der Waals surface area contributed by atoms with Crippen LogP contribution in [0.1, 0.15) is 23.5 Å². The molecule has 1 unspecified atom stereocenters. The molecule has 3 rings (SSSR count). The molecular formula is C18H17F3N2O3. The lowest BCUT2D eigenvalue weighted by atomic mass is 9.97. The number of ether oxygens (including phenoxy) is 1. The number of non-ortho nitro benzene ring substituents is 1. The molecule has 2 aromatic rings. The van der Waals surface area contributed by atoms with Gasteiger partial charge in [-0.3, -0.25) is 10.1 Å². The molecule has 0 aromatic heterocycles. The number of anilines is 1. The average molecular weight is 366 g/mol. The Bertz CT molecular complexity index is 806. The Morgan fingerprint density at radius 2 is 1.88 bits per heavy atom. The highest BCUT2D eigenvalue weighted by Crippen LogP contribution is 2.38. The third kappa shape index (κ3) is 3.58. The van der Waals surface area contributed by atoms with Crippen molar-refractivity contribution in [2.24, 2.45) is 0 Å². The zero-order valence-electron chi connectivity index (χ0n) is 14.0. The van der Waals surface area contributed by atoms with Gasteiger partial charge in [0, 0.05) is 25.1 Å². The molecular weight excluding hydrogens is 349 g/mol. The number of benzene rings is 2. The fraction of sp³-hybridized carbons (Fsp3) is 0.333. The van der Waals surface area contributed by atoms with Gasteiger partial charge in [-0.2, -0.15) is 13.2 Å². The highest BCUT2D eigenvalue weighted by molar-refractivity contribution is 5.63. The molecule has 26 heavy (non-hydrogen) atoms. The third-order valence-electron chi connectivity index (χ3n) is 4.61. The van der Waals surface area contributed by atoms with Crippen LogP contribution in [0.5, 0.6) is 5.75 Å².